The third-order valence-electron chi connectivity index (χ3n) is 3.71. The van der Waals surface area contributed by atoms with Crippen molar-refractivity contribution >= 4 is 17.8 Å². The first-order valence-corrected chi connectivity index (χ1v) is 7.77. The van der Waals surface area contributed by atoms with Crippen molar-refractivity contribution in [3.05, 3.63) is 35.9 Å². The first-order valence-electron chi connectivity index (χ1n) is 7.77. The number of ether oxygens (including phenoxy) is 2. The predicted octanol–water partition coefficient (Wildman–Crippen LogP) is 1.67. The molecule has 1 aliphatic rings. The van der Waals surface area contributed by atoms with Gasteiger partial charge in [-0.3, -0.25) is 9.59 Å². The van der Waals surface area contributed by atoms with Crippen LogP contribution in [-0.4, -0.2) is 41.9 Å². The van der Waals surface area contributed by atoms with Gasteiger partial charge in [0.05, 0.1) is 0 Å². The van der Waals surface area contributed by atoms with Gasteiger partial charge in [0.25, 0.3) is 5.91 Å². The lowest BCUT2D eigenvalue weighted by Crippen LogP contribution is -2.43. The molecule has 0 saturated carbocycles. The summed E-state index contributed by atoms with van der Waals surface area (Å²) in [4.78, 5) is 36.9. The number of esters is 2. The number of carbonyl (C=O) groups excluding carboxylic acids is 3. The van der Waals surface area contributed by atoms with Crippen LogP contribution in [0, 0.1) is 0 Å². The van der Waals surface area contributed by atoms with Gasteiger partial charge in [0, 0.05) is 13.0 Å². The molecule has 1 aromatic rings. The van der Waals surface area contributed by atoms with Crippen LogP contribution in [0.25, 0.3) is 0 Å². The fraction of sp³-hybridized carbons (Fsp3) is 0.471. The molecule has 1 atom stereocenters. The number of benzene rings is 1. The number of carbonyl (C=O) groups is 3. The fourth-order valence-corrected chi connectivity index (χ4v) is 2.46. The topological polar surface area (TPSA) is 72.9 Å². The molecule has 1 amide bonds. The van der Waals surface area contributed by atoms with E-state index < -0.39 is 18.0 Å². The van der Waals surface area contributed by atoms with Crippen LogP contribution in [0.15, 0.2) is 30.3 Å². The van der Waals surface area contributed by atoms with Gasteiger partial charge in [-0.25, -0.2) is 4.79 Å². The zero-order valence-electron chi connectivity index (χ0n) is 13.2. The summed E-state index contributed by atoms with van der Waals surface area (Å²) in [5, 5.41) is 0. The monoisotopic (exact) mass is 319 g/mol. The molecule has 124 valence electrons. The first kappa shape index (κ1) is 17.0. The Balaban J connectivity index is 1.86. The molecule has 1 fully saturated rings. The van der Waals surface area contributed by atoms with E-state index in [-0.39, 0.29) is 25.5 Å². The standard InChI is InChI=1S/C17H21NO5/c1-2-16(20)22-12-15(19)18-10-6-9-14(18)17(21)23-11-13-7-4-3-5-8-13/h3-5,7-8,14H,2,6,9-12H2,1H3/t14-/m0/s1. The Kier molecular flexibility index (Phi) is 6.14. The normalized spacial score (nSPS) is 16.9. The van der Waals surface area contributed by atoms with Crippen molar-refractivity contribution in [1.82, 2.24) is 4.90 Å². The molecule has 1 aromatic carbocycles. The van der Waals surface area contributed by atoms with Crippen molar-refractivity contribution in [2.75, 3.05) is 13.2 Å². The molecule has 0 radical (unpaired) electrons. The van der Waals surface area contributed by atoms with E-state index in [0.717, 1.165) is 12.0 Å². The Morgan fingerprint density at radius 3 is 2.61 bits per heavy atom. The number of amides is 1. The largest absolute Gasteiger partial charge is 0.459 e. The molecular formula is C17H21NO5. The highest BCUT2D eigenvalue weighted by molar-refractivity contribution is 5.86. The molecule has 1 saturated heterocycles. The number of rotatable bonds is 6. The van der Waals surface area contributed by atoms with Gasteiger partial charge in [-0.2, -0.15) is 0 Å². The number of hydrogen-bond donors (Lipinski definition) is 0. The van der Waals surface area contributed by atoms with E-state index in [1.807, 2.05) is 30.3 Å². The van der Waals surface area contributed by atoms with E-state index in [9.17, 15) is 14.4 Å². The molecule has 0 aliphatic carbocycles. The minimum absolute atomic E-state index is 0.184. The van der Waals surface area contributed by atoms with Gasteiger partial charge in [-0.05, 0) is 18.4 Å². The van der Waals surface area contributed by atoms with Gasteiger partial charge in [0.1, 0.15) is 12.6 Å². The SMILES string of the molecule is CCC(=O)OCC(=O)N1CCC[C@H]1C(=O)OCc1ccccc1. The molecule has 0 aromatic heterocycles. The van der Waals surface area contributed by atoms with Crippen molar-refractivity contribution in [3.63, 3.8) is 0 Å². The van der Waals surface area contributed by atoms with Crippen molar-refractivity contribution in [2.24, 2.45) is 0 Å². The third kappa shape index (κ3) is 4.81. The van der Waals surface area contributed by atoms with E-state index in [2.05, 4.69) is 0 Å². The summed E-state index contributed by atoms with van der Waals surface area (Å²) in [5.74, 6) is -1.20. The van der Waals surface area contributed by atoms with E-state index in [1.54, 1.807) is 6.92 Å². The minimum atomic E-state index is -0.591. The Morgan fingerprint density at radius 2 is 1.91 bits per heavy atom. The quantitative estimate of drug-likeness (QED) is 0.746. The van der Waals surface area contributed by atoms with Crippen molar-refractivity contribution in [2.45, 2.75) is 38.8 Å². The van der Waals surface area contributed by atoms with E-state index >= 15 is 0 Å². The van der Waals surface area contributed by atoms with Crippen molar-refractivity contribution in [3.8, 4) is 0 Å². The van der Waals surface area contributed by atoms with Crippen LogP contribution in [0.2, 0.25) is 0 Å². The van der Waals surface area contributed by atoms with Crippen LogP contribution in [0.5, 0.6) is 0 Å². The molecule has 0 unspecified atom stereocenters. The van der Waals surface area contributed by atoms with Gasteiger partial charge in [-0.15, -0.1) is 0 Å². The molecule has 1 heterocycles. The zero-order valence-corrected chi connectivity index (χ0v) is 13.2. The zero-order chi connectivity index (χ0) is 16.7. The fourth-order valence-electron chi connectivity index (χ4n) is 2.46. The van der Waals surface area contributed by atoms with Gasteiger partial charge in [0.15, 0.2) is 6.61 Å². The van der Waals surface area contributed by atoms with Gasteiger partial charge in [-0.1, -0.05) is 37.3 Å². The summed E-state index contributed by atoms with van der Waals surface area (Å²) >= 11 is 0. The van der Waals surface area contributed by atoms with Crippen LogP contribution in [0.4, 0.5) is 0 Å². The summed E-state index contributed by atoms with van der Waals surface area (Å²) < 4.78 is 10.1. The first-order chi connectivity index (χ1) is 11.1. The highest BCUT2D eigenvalue weighted by Crippen LogP contribution is 2.19. The summed E-state index contributed by atoms with van der Waals surface area (Å²) in [6.07, 6.45) is 1.52. The van der Waals surface area contributed by atoms with E-state index in [0.29, 0.717) is 13.0 Å². The second-order valence-corrected chi connectivity index (χ2v) is 5.35. The smallest absolute Gasteiger partial charge is 0.329 e. The summed E-state index contributed by atoms with van der Waals surface area (Å²) in [6.45, 7) is 2.00. The van der Waals surface area contributed by atoms with Crippen molar-refractivity contribution < 1.29 is 23.9 Å². The third-order valence-corrected chi connectivity index (χ3v) is 3.71. The molecule has 6 nitrogen and oxygen atoms in total. The highest BCUT2D eigenvalue weighted by Gasteiger charge is 2.35. The van der Waals surface area contributed by atoms with Crippen LogP contribution >= 0.6 is 0 Å². The van der Waals surface area contributed by atoms with Crippen LogP contribution in [-0.2, 0) is 30.5 Å². The summed E-state index contributed by atoms with van der Waals surface area (Å²) in [6, 6.07) is 8.78. The van der Waals surface area contributed by atoms with Crippen LogP contribution in [0.1, 0.15) is 31.7 Å². The maximum atomic E-state index is 12.2. The molecular weight excluding hydrogens is 298 g/mol. The molecule has 0 spiro atoms. The van der Waals surface area contributed by atoms with Gasteiger partial charge < -0.3 is 14.4 Å². The number of hydrogen-bond acceptors (Lipinski definition) is 5. The Hall–Kier alpha value is -2.37. The lowest BCUT2D eigenvalue weighted by Gasteiger charge is -2.23. The average molecular weight is 319 g/mol. The molecule has 0 N–H and O–H groups in total. The Labute approximate surface area is 135 Å². The van der Waals surface area contributed by atoms with Crippen molar-refractivity contribution in [1.29, 1.82) is 0 Å². The Bertz CT molecular complexity index is 557. The second-order valence-electron chi connectivity index (χ2n) is 5.35. The van der Waals surface area contributed by atoms with E-state index in [4.69, 9.17) is 9.47 Å². The van der Waals surface area contributed by atoms with Gasteiger partial charge >= 0.3 is 11.9 Å². The predicted molar refractivity (Wildman–Crippen MR) is 82.2 cm³/mol. The summed E-state index contributed by atoms with van der Waals surface area (Å²) in [5.41, 5.74) is 0.897. The minimum Gasteiger partial charge on any atom is -0.459 e. The maximum absolute atomic E-state index is 12.2. The lowest BCUT2D eigenvalue weighted by molar-refractivity contribution is -0.158. The lowest BCUT2D eigenvalue weighted by atomic mass is 10.2. The molecule has 6 heteroatoms. The van der Waals surface area contributed by atoms with Crippen LogP contribution in [0.3, 0.4) is 0 Å². The van der Waals surface area contributed by atoms with E-state index in [1.165, 1.54) is 4.90 Å². The van der Waals surface area contributed by atoms with Gasteiger partial charge in [0.2, 0.25) is 0 Å². The molecule has 2 rings (SSSR count). The van der Waals surface area contributed by atoms with Crippen LogP contribution < -0.4 is 0 Å². The average Bonchev–Trinajstić information content (AvgIpc) is 3.08. The molecule has 1 aliphatic heterocycles. The summed E-state index contributed by atoms with van der Waals surface area (Å²) in [7, 11) is 0. The second kappa shape index (κ2) is 8.31. The number of nitrogens with zero attached hydrogens (tertiary/aromatic N) is 1. The maximum Gasteiger partial charge on any atom is 0.329 e. The highest BCUT2D eigenvalue weighted by atomic mass is 16.5. The number of likely N-dealkylation sites (tertiary alicyclic amines) is 1. The Morgan fingerprint density at radius 1 is 1.17 bits per heavy atom. The molecule has 0 bridgehead atoms. The molecule has 23 heavy (non-hydrogen) atoms.